The van der Waals surface area contributed by atoms with E-state index in [0.717, 1.165) is 35.9 Å². The third-order valence-corrected chi connectivity index (χ3v) is 10.9. The van der Waals surface area contributed by atoms with E-state index in [-0.39, 0.29) is 78.5 Å². The monoisotopic (exact) mass is 1200 g/mol. The Kier molecular flexibility index (Phi) is 25.6. The Bertz CT molecular complexity index is 3380. The van der Waals surface area contributed by atoms with Gasteiger partial charge in [0.2, 0.25) is 18.1 Å². The lowest BCUT2D eigenvalue weighted by Gasteiger charge is -2.19. The van der Waals surface area contributed by atoms with Gasteiger partial charge in [-0.3, -0.25) is 65.0 Å². The van der Waals surface area contributed by atoms with E-state index in [1.165, 1.54) is 82.9 Å². The summed E-state index contributed by atoms with van der Waals surface area (Å²) in [5.41, 5.74) is -1.73. The number of esters is 2. The zero-order chi connectivity index (χ0) is 63.3. The molecule has 440 valence electrons. The summed E-state index contributed by atoms with van der Waals surface area (Å²) in [6.07, 6.45) is -0.727. The molecule has 0 bridgehead atoms. The third-order valence-electron chi connectivity index (χ3n) is 10.2. The number of nitro benzene ring substituents is 5. The Balaban J connectivity index is 0.000000352. The van der Waals surface area contributed by atoms with E-state index in [4.69, 9.17) is 47.7 Å². The molecule has 7 rings (SSSR count). The Hall–Kier alpha value is -10.3. The molecule has 33 nitrogen and oxygen atoms in total. The number of rotatable bonds is 14. The molecule has 0 fully saturated rings. The number of anilines is 2. The molecule has 83 heavy (non-hydrogen) atoms. The van der Waals surface area contributed by atoms with Crippen molar-refractivity contribution in [1.82, 2.24) is 0 Å². The van der Waals surface area contributed by atoms with E-state index in [1.807, 2.05) is 0 Å². The maximum atomic E-state index is 11.9. The van der Waals surface area contributed by atoms with Crippen molar-refractivity contribution in [2.75, 3.05) is 32.0 Å². The van der Waals surface area contributed by atoms with Crippen LogP contribution < -0.4 is 10.6 Å². The molecule has 1 unspecified atom stereocenters. The second-order valence-corrected chi connectivity index (χ2v) is 17.6. The molecule has 35 heteroatoms. The Morgan fingerprint density at radius 3 is 1.45 bits per heavy atom. The average Bonchev–Trinajstić information content (AvgIpc) is 4.11. The summed E-state index contributed by atoms with van der Waals surface area (Å²) >= 11 is 11.3. The van der Waals surface area contributed by atoms with Crippen molar-refractivity contribution < 1.29 is 102 Å². The molecule has 0 spiro atoms. The standard InChI is InChI=1S/C11H12ClNO4.C11H10N2O5.C10H11NO8.C8H6N2O3.C7H4ClNO4.CO2/c1-11(2,3)17-10(14)8-6-7(13(15)16)4-5-9(8)12;1-11(10(15)18-2)7-4-3-6(13(16)17)5-8(7)12-9(11)14;1-16-18-10(19-17-2)7-4-3-6(11(14)15)5-8(7)9(12)13;11-8-3-5-1-2-6(10(12)13)4-7(5)9-8;8-6-2-1-4(9(12)13)3-5(6)7(10)11;2-1-3/h4-6H,1-3H3;3-5H,1-2H3,(H,12,14);3-5,10H,1-2H3,(H,12,13);1-2,4H,3H2,(H,9,11);1-3H,(H,10,11);. The highest BCUT2D eigenvalue weighted by Gasteiger charge is 2.50. The van der Waals surface area contributed by atoms with Gasteiger partial charge in [-0.05, 0) is 63.6 Å². The van der Waals surface area contributed by atoms with E-state index in [2.05, 4.69) is 34.9 Å². The SMILES string of the molecule is CC(C)(C)OC(=O)c1cc([N+](=O)[O-])ccc1Cl.COC(=O)C1(C)C(=O)Nc2cc([N+](=O)[O-])ccc21.COOC(OOC)c1ccc([N+](=O)[O-])cc1C(=O)O.O=C(O)c1cc([N+](=O)[O-])ccc1Cl.O=C1Cc2ccc([N+](=O)[O-])cc2N1.O=C=O. The van der Waals surface area contributed by atoms with Crippen LogP contribution in [0.1, 0.15) is 81.7 Å². The van der Waals surface area contributed by atoms with Gasteiger partial charge in [0.15, 0.2) is 5.41 Å². The van der Waals surface area contributed by atoms with Crippen LogP contribution >= 0.6 is 23.2 Å². The summed E-state index contributed by atoms with van der Waals surface area (Å²) in [5.74, 6) is -4.70. The lowest BCUT2D eigenvalue weighted by atomic mass is 9.84. The van der Waals surface area contributed by atoms with E-state index < -0.39 is 71.7 Å². The predicted octanol–water partition coefficient (Wildman–Crippen LogP) is 8.08. The number of methoxy groups -OCH3 is 1. The number of carbonyl (C=O) groups excluding carboxylic acids is 6. The molecule has 2 aliphatic rings. The number of non-ortho nitro benzene ring substituents is 5. The topological polar surface area (TPSA) is 472 Å². The van der Waals surface area contributed by atoms with Crippen LogP contribution in [0.15, 0.2) is 91.0 Å². The number of carbonyl (C=O) groups is 6. The molecular formula is C48H43Cl2N7O26. The van der Waals surface area contributed by atoms with Gasteiger partial charge >= 0.3 is 30.0 Å². The third kappa shape index (κ3) is 19.5. The van der Waals surface area contributed by atoms with Crippen LogP contribution in [0.2, 0.25) is 10.0 Å². The number of fused-ring (bicyclic) bond motifs is 2. The number of nitro groups is 5. The second kappa shape index (κ2) is 30.9. The highest BCUT2D eigenvalue weighted by atomic mass is 35.5. The van der Waals surface area contributed by atoms with Gasteiger partial charge in [0, 0.05) is 71.8 Å². The van der Waals surface area contributed by atoms with Crippen molar-refractivity contribution in [3.63, 3.8) is 0 Å². The Morgan fingerprint density at radius 2 is 1.01 bits per heavy atom. The van der Waals surface area contributed by atoms with Crippen LogP contribution in [0.3, 0.4) is 0 Å². The first-order chi connectivity index (χ1) is 38.7. The molecular weight excluding hydrogens is 1160 g/mol. The minimum Gasteiger partial charge on any atom is -0.478 e. The van der Waals surface area contributed by atoms with Crippen LogP contribution in [-0.4, -0.2) is 104 Å². The van der Waals surface area contributed by atoms with E-state index in [1.54, 1.807) is 26.8 Å². The maximum absolute atomic E-state index is 11.9. The molecule has 0 radical (unpaired) electrons. The summed E-state index contributed by atoms with van der Waals surface area (Å²) in [4.78, 5) is 152. The summed E-state index contributed by atoms with van der Waals surface area (Å²) in [6.45, 7) is 6.54. The number of carboxylic acids is 2. The molecule has 0 aromatic heterocycles. The molecule has 5 aromatic rings. The highest BCUT2D eigenvalue weighted by molar-refractivity contribution is 6.34. The first-order valence-corrected chi connectivity index (χ1v) is 23.0. The van der Waals surface area contributed by atoms with Crippen LogP contribution in [0.4, 0.5) is 39.8 Å². The van der Waals surface area contributed by atoms with Crippen molar-refractivity contribution in [3.8, 4) is 0 Å². The maximum Gasteiger partial charge on any atom is 0.373 e. The number of hydrogen-bond acceptors (Lipinski definition) is 24. The van der Waals surface area contributed by atoms with E-state index >= 15 is 0 Å². The van der Waals surface area contributed by atoms with Gasteiger partial charge < -0.3 is 30.3 Å². The van der Waals surface area contributed by atoms with Crippen molar-refractivity contribution in [3.05, 3.63) is 185 Å². The molecule has 2 amide bonds. The van der Waals surface area contributed by atoms with Crippen LogP contribution in [0, 0.1) is 50.6 Å². The number of hydrogen-bond donors (Lipinski definition) is 4. The summed E-state index contributed by atoms with van der Waals surface area (Å²) in [7, 11) is 3.57. The first kappa shape index (κ1) is 68.8. The summed E-state index contributed by atoms with van der Waals surface area (Å²) < 4.78 is 9.70. The van der Waals surface area contributed by atoms with Crippen molar-refractivity contribution in [2.24, 2.45) is 0 Å². The smallest absolute Gasteiger partial charge is 0.373 e. The minimum absolute atomic E-state index is 0.000880. The van der Waals surface area contributed by atoms with E-state index in [0.29, 0.717) is 17.7 Å². The first-order valence-electron chi connectivity index (χ1n) is 22.2. The number of nitrogens with one attached hydrogen (secondary N) is 2. The number of aromatic carboxylic acids is 2. The summed E-state index contributed by atoms with van der Waals surface area (Å²) in [6, 6.07) is 18.3. The number of halogens is 2. The highest BCUT2D eigenvalue weighted by Crippen LogP contribution is 2.40. The van der Waals surface area contributed by atoms with Crippen LogP contribution in [0.25, 0.3) is 0 Å². The molecule has 0 saturated heterocycles. The Labute approximate surface area is 474 Å². The number of amides is 2. The fraction of sp³-hybridized carbons (Fsp3) is 0.229. The fourth-order valence-corrected chi connectivity index (χ4v) is 6.92. The van der Waals surface area contributed by atoms with Crippen LogP contribution in [-0.2, 0) is 64.8 Å². The molecule has 0 aliphatic carbocycles. The Morgan fingerprint density at radius 1 is 0.614 bits per heavy atom. The molecule has 5 aromatic carbocycles. The van der Waals surface area contributed by atoms with Crippen LogP contribution in [0.5, 0.6) is 0 Å². The van der Waals surface area contributed by atoms with Gasteiger partial charge in [-0.1, -0.05) is 23.2 Å². The zero-order valence-corrected chi connectivity index (χ0v) is 45.1. The number of nitrogens with zero attached hydrogens (tertiary/aromatic N) is 5. The van der Waals surface area contributed by atoms with E-state index in [9.17, 15) is 79.3 Å². The molecule has 0 saturated carbocycles. The lowest BCUT2D eigenvalue weighted by molar-refractivity contribution is -0.454. The molecule has 1 atom stereocenters. The fourth-order valence-electron chi connectivity index (χ4n) is 6.53. The molecule has 4 N–H and O–H groups in total. The minimum atomic E-state index is -1.46. The quantitative estimate of drug-likeness (QED) is 0.0204. The number of carboxylic acid groups (broad SMARTS) is 2. The van der Waals surface area contributed by atoms with Gasteiger partial charge in [-0.2, -0.15) is 19.4 Å². The summed E-state index contributed by atoms with van der Waals surface area (Å²) in [5, 5.41) is 75.2. The van der Waals surface area contributed by atoms with Gasteiger partial charge in [-0.15, -0.1) is 0 Å². The number of ether oxygens (including phenoxy) is 2. The molecule has 2 aliphatic heterocycles. The van der Waals surface area contributed by atoms with Crippen molar-refractivity contribution in [1.29, 1.82) is 0 Å². The predicted molar refractivity (Wildman–Crippen MR) is 279 cm³/mol. The van der Waals surface area contributed by atoms with Crippen molar-refractivity contribution in [2.45, 2.75) is 51.4 Å². The normalized spacial score (nSPS) is 13.0. The largest absolute Gasteiger partial charge is 0.478 e. The second-order valence-electron chi connectivity index (χ2n) is 16.8. The molecule has 2 heterocycles. The van der Waals surface area contributed by atoms with Crippen molar-refractivity contribution >= 4 is 105 Å². The van der Waals surface area contributed by atoms with Gasteiger partial charge in [-0.25, -0.2) is 24.2 Å². The zero-order valence-electron chi connectivity index (χ0n) is 43.6. The number of benzene rings is 5. The average molecular weight is 1200 g/mol. The van der Waals surface area contributed by atoms with Gasteiger partial charge in [0.1, 0.15) is 5.60 Å². The lowest BCUT2D eigenvalue weighted by Crippen LogP contribution is -2.40. The van der Waals surface area contributed by atoms with Gasteiger partial charge in [0.25, 0.3) is 28.4 Å². The van der Waals surface area contributed by atoms with Gasteiger partial charge in [0.05, 0.1) is 90.5 Å².